The number of para-hydroxylation sites is 1. The fourth-order valence-electron chi connectivity index (χ4n) is 1.01. The third-order valence-corrected chi connectivity index (χ3v) is 2.43. The van der Waals surface area contributed by atoms with Gasteiger partial charge in [0.25, 0.3) is 0 Å². The van der Waals surface area contributed by atoms with Crippen LogP contribution in [0.25, 0.3) is 0 Å². The van der Waals surface area contributed by atoms with Crippen LogP contribution in [0.15, 0.2) is 34.3 Å². The van der Waals surface area contributed by atoms with Crippen molar-refractivity contribution in [3.8, 4) is 5.75 Å². The number of aliphatic hydroxyl groups is 1. The van der Waals surface area contributed by atoms with Gasteiger partial charge < -0.3 is 9.84 Å². The molecule has 0 radical (unpaired) electrons. The van der Waals surface area contributed by atoms with Gasteiger partial charge in [-0.05, 0) is 28.1 Å². The van der Waals surface area contributed by atoms with Crippen molar-refractivity contribution >= 4 is 27.5 Å². The predicted octanol–water partition coefficient (Wildman–Crippen LogP) is 3.07. The molecule has 0 saturated heterocycles. The summed E-state index contributed by atoms with van der Waals surface area (Å²) in [4.78, 5) is 0. The summed E-state index contributed by atoms with van der Waals surface area (Å²) < 4.78 is 6.25. The summed E-state index contributed by atoms with van der Waals surface area (Å²) in [5.74, 6) is 0.657. The van der Waals surface area contributed by atoms with Gasteiger partial charge >= 0.3 is 0 Å². The standard InChI is InChI=1S/C10H10BrClO2/c11-9-4-1-3-8(7-13)10(9)14-6-2-5-12/h1-5,13H,6-7H2. The lowest BCUT2D eigenvalue weighted by atomic mass is 10.2. The molecule has 0 aliphatic rings. The Labute approximate surface area is 96.3 Å². The van der Waals surface area contributed by atoms with E-state index >= 15 is 0 Å². The first kappa shape index (κ1) is 11.6. The third-order valence-electron chi connectivity index (χ3n) is 1.63. The molecule has 0 bridgehead atoms. The molecule has 76 valence electrons. The minimum atomic E-state index is -0.0423. The van der Waals surface area contributed by atoms with Crippen LogP contribution < -0.4 is 4.74 Å². The summed E-state index contributed by atoms with van der Waals surface area (Å²) in [7, 11) is 0. The van der Waals surface area contributed by atoms with E-state index in [2.05, 4.69) is 15.9 Å². The molecular weight excluding hydrogens is 267 g/mol. The van der Waals surface area contributed by atoms with Gasteiger partial charge in [-0.15, -0.1) is 0 Å². The SMILES string of the molecule is OCc1cccc(Br)c1OCC=CCl. The van der Waals surface area contributed by atoms with Crippen molar-refractivity contribution in [2.24, 2.45) is 0 Å². The van der Waals surface area contributed by atoms with E-state index in [9.17, 15) is 0 Å². The molecule has 0 aliphatic carbocycles. The van der Waals surface area contributed by atoms with Gasteiger partial charge in [-0.3, -0.25) is 0 Å². The second-order valence-electron chi connectivity index (χ2n) is 2.56. The van der Waals surface area contributed by atoms with Crippen LogP contribution in [0, 0.1) is 0 Å². The first-order valence-electron chi connectivity index (χ1n) is 4.06. The number of benzene rings is 1. The lowest BCUT2D eigenvalue weighted by molar-refractivity contribution is 0.269. The Balaban J connectivity index is 2.82. The zero-order chi connectivity index (χ0) is 10.4. The summed E-state index contributed by atoms with van der Waals surface area (Å²) >= 11 is 8.71. The Morgan fingerprint density at radius 1 is 1.50 bits per heavy atom. The van der Waals surface area contributed by atoms with E-state index in [0.29, 0.717) is 12.4 Å². The first-order valence-corrected chi connectivity index (χ1v) is 5.28. The van der Waals surface area contributed by atoms with E-state index in [4.69, 9.17) is 21.4 Å². The molecule has 1 aromatic rings. The number of ether oxygens (including phenoxy) is 1. The summed E-state index contributed by atoms with van der Waals surface area (Å²) in [5, 5.41) is 9.05. The quantitative estimate of drug-likeness (QED) is 0.916. The average Bonchev–Trinajstić information content (AvgIpc) is 2.20. The van der Waals surface area contributed by atoms with Crippen LogP contribution in [0.2, 0.25) is 0 Å². The van der Waals surface area contributed by atoms with E-state index in [0.717, 1.165) is 10.0 Å². The molecule has 0 saturated carbocycles. The molecule has 0 spiro atoms. The summed E-state index contributed by atoms with van der Waals surface area (Å²) in [6.45, 7) is 0.346. The van der Waals surface area contributed by atoms with Gasteiger partial charge in [0.15, 0.2) is 0 Å². The van der Waals surface area contributed by atoms with Crippen molar-refractivity contribution in [1.29, 1.82) is 0 Å². The van der Waals surface area contributed by atoms with Crippen molar-refractivity contribution in [2.75, 3.05) is 6.61 Å². The largest absolute Gasteiger partial charge is 0.488 e. The van der Waals surface area contributed by atoms with E-state index in [-0.39, 0.29) is 6.61 Å². The van der Waals surface area contributed by atoms with E-state index in [1.165, 1.54) is 5.54 Å². The molecule has 14 heavy (non-hydrogen) atoms. The van der Waals surface area contributed by atoms with Crippen molar-refractivity contribution < 1.29 is 9.84 Å². The number of rotatable bonds is 4. The monoisotopic (exact) mass is 276 g/mol. The topological polar surface area (TPSA) is 29.5 Å². The zero-order valence-corrected chi connectivity index (χ0v) is 9.75. The second-order valence-corrected chi connectivity index (χ2v) is 3.67. The van der Waals surface area contributed by atoms with Gasteiger partial charge in [-0.25, -0.2) is 0 Å². The highest BCUT2D eigenvalue weighted by atomic mass is 79.9. The van der Waals surface area contributed by atoms with E-state index in [1.54, 1.807) is 6.08 Å². The molecule has 0 atom stereocenters. The summed E-state index contributed by atoms with van der Waals surface area (Å²) in [5.41, 5.74) is 2.15. The molecule has 4 heteroatoms. The molecule has 0 aliphatic heterocycles. The van der Waals surface area contributed by atoms with Crippen LogP contribution in [0.4, 0.5) is 0 Å². The number of halogens is 2. The van der Waals surface area contributed by atoms with Crippen LogP contribution in [0.3, 0.4) is 0 Å². The molecule has 0 aromatic heterocycles. The molecule has 0 heterocycles. The van der Waals surface area contributed by atoms with Crippen LogP contribution in [-0.2, 0) is 6.61 Å². The van der Waals surface area contributed by atoms with Crippen molar-refractivity contribution in [2.45, 2.75) is 6.61 Å². The molecule has 0 fully saturated rings. The van der Waals surface area contributed by atoms with Crippen LogP contribution in [0.5, 0.6) is 5.75 Å². The van der Waals surface area contributed by atoms with Gasteiger partial charge in [0.05, 0.1) is 11.1 Å². The van der Waals surface area contributed by atoms with Crippen LogP contribution in [0.1, 0.15) is 5.56 Å². The van der Waals surface area contributed by atoms with Crippen LogP contribution in [-0.4, -0.2) is 11.7 Å². The van der Waals surface area contributed by atoms with Gasteiger partial charge in [0, 0.05) is 11.1 Å². The number of hydrogen-bond donors (Lipinski definition) is 1. The van der Waals surface area contributed by atoms with Crippen molar-refractivity contribution in [3.05, 3.63) is 39.8 Å². The lowest BCUT2D eigenvalue weighted by Crippen LogP contribution is -1.98. The Kier molecular flexibility index (Phi) is 5.01. The molecular formula is C10H10BrClO2. The highest BCUT2D eigenvalue weighted by Gasteiger charge is 2.05. The Morgan fingerprint density at radius 2 is 2.29 bits per heavy atom. The zero-order valence-electron chi connectivity index (χ0n) is 7.41. The molecule has 0 amide bonds. The minimum Gasteiger partial charge on any atom is -0.488 e. The Hall–Kier alpha value is -0.510. The minimum absolute atomic E-state index is 0.0423. The Bertz CT molecular complexity index is 326. The Morgan fingerprint density at radius 3 is 2.93 bits per heavy atom. The highest BCUT2D eigenvalue weighted by molar-refractivity contribution is 9.10. The lowest BCUT2D eigenvalue weighted by Gasteiger charge is -2.09. The van der Waals surface area contributed by atoms with Gasteiger partial charge in [0.1, 0.15) is 12.4 Å². The summed E-state index contributed by atoms with van der Waals surface area (Å²) in [6, 6.07) is 5.52. The fraction of sp³-hybridized carbons (Fsp3) is 0.200. The normalized spacial score (nSPS) is 10.8. The molecule has 1 rings (SSSR count). The smallest absolute Gasteiger partial charge is 0.139 e. The molecule has 1 N–H and O–H groups in total. The van der Waals surface area contributed by atoms with Crippen molar-refractivity contribution in [1.82, 2.24) is 0 Å². The molecule has 0 unspecified atom stereocenters. The van der Waals surface area contributed by atoms with Crippen LogP contribution >= 0.6 is 27.5 Å². The highest BCUT2D eigenvalue weighted by Crippen LogP contribution is 2.28. The second kappa shape index (κ2) is 6.06. The van der Waals surface area contributed by atoms with E-state index < -0.39 is 0 Å². The summed E-state index contributed by atoms with van der Waals surface area (Å²) in [6.07, 6.45) is 1.68. The van der Waals surface area contributed by atoms with Crippen molar-refractivity contribution in [3.63, 3.8) is 0 Å². The maximum atomic E-state index is 9.05. The predicted molar refractivity (Wildman–Crippen MR) is 60.6 cm³/mol. The van der Waals surface area contributed by atoms with Gasteiger partial charge in [-0.1, -0.05) is 23.7 Å². The first-order chi connectivity index (χ1) is 6.79. The van der Waals surface area contributed by atoms with Gasteiger partial charge in [-0.2, -0.15) is 0 Å². The number of aliphatic hydroxyl groups excluding tert-OH is 1. The average molecular weight is 278 g/mol. The number of hydrogen-bond acceptors (Lipinski definition) is 2. The molecule has 2 nitrogen and oxygen atoms in total. The van der Waals surface area contributed by atoms with Gasteiger partial charge in [0.2, 0.25) is 0 Å². The fourth-order valence-corrected chi connectivity index (χ4v) is 1.60. The third kappa shape index (κ3) is 3.01. The molecule has 1 aromatic carbocycles. The van der Waals surface area contributed by atoms with E-state index in [1.807, 2.05) is 18.2 Å². The maximum absolute atomic E-state index is 9.05. The maximum Gasteiger partial charge on any atom is 0.139 e.